The third kappa shape index (κ3) is 1.83. The smallest absolute Gasteiger partial charge is 0.218 e. The summed E-state index contributed by atoms with van der Waals surface area (Å²) < 4.78 is 1.59. The summed E-state index contributed by atoms with van der Waals surface area (Å²) in [5.41, 5.74) is 6.84. The molecule has 2 aromatic rings. The fraction of sp³-hybridized carbons (Fsp3) is 0.273. The number of aromatic nitrogens is 3. The van der Waals surface area contributed by atoms with Gasteiger partial charge in [-0.25, -0.2) is 4.68 Å². The van der Waals surface area contributed by atoms with E-state index in [2.05, 4.69) is 29.1 Å². The first-order chi connectivity index (χ1) is 7.18. The van der Waals surface area contributed by atoms with E-state index in [4.69, 9.17) is 5.73 Å². The molecule has 0 aliphatic carbocycles. The van der Waals surface area contributed by atoms with Crippen LogP contribution in [0.3, 0.4) is 0 Å². The maximum Gasteiger partial charge on any atom is 0.218 e. The average Bonchev–Trinajstić information content (AvgIpc) is 2.59. The van der Waals surface area contributed by atoms with Crippen molar-refractivity contribution < 1.29 is 0 Å². The van der Waals surface area contributed by atoms with Gasteiger partial charge < -0.3 is 5.73 Å². The summed E-state index contributed by atoms with van der Waals surface area (Å²) in [5, 5.41) is 4.27. The van der Waals surface area contributed by atoms with Crippen LogP contribution < -0.4 is 5.73 Å². The Balaban J connectivity index is 2.32. The van der Waals surface area contributed by atoms with Crippen LogP contribution in [0.2, 0.25) is 0 Å². The van der Waals surface area contributed by atoms with Crippen LogP contribution in [0.15, 0.2) is 30.3 Å². The first kappa shape index (κ1) is 9.71. The molecule has 0 amide bonds. The van der Waals surface area contributed by atoms with Crippen molar-refractivity contribution in [2.45, 2.75) is 12.8 Å². The lowest BCUT2D eigenvalue weighted by molar-refractivity contribution is 0.729. The molecule has 1 aromatic carbocycles. The lowest BCUT2D eigenvalue weighted by Gasteiger charge is -2.06. The maximum absolute atomic E-state index is 5.65. The highest BCUT2D eigenvalue weighted by atomic mass is 15.4. The number of anilines is 1. The second-order valence-electron chi connectivity index (χ2n) is 3.58. The van der Waals surface area contributed by atoms with Crippen molar-refractivity contribution in [2.75, 3.05) is 5.73 Å². The van der Waals surface area contributed by atoms with Crippen molar-refractivity contribution in [3.8, 4) is 0 Å². The quantitative estimate of drug-likeness (QED) is 0.803. The Morgan fingerprint density at radius 2 is 1.93 bits per heavy atom. The number of hydrogen-bond acceptors (Lipinski definition) is 3. The number of hydrogen-bond donors (Lipinski definition) is 1. The standard InChI is InChI=1S/C11H14N4/c1-8(9-6-4-3-5-7-9)10-13-11(12)15(2)14-10/h3-8H,1-2H3,(H2,12,13,14). The molecule has 4 nitrogen and oxygen atoms in total. The van der Waals surface area contributed by atoms with Crippen LogP contribution in [-0.2, 0) is 7.05 Å². The van der Waals surface area contributed by atoms with Crippen molar-refractivity contribution in [2.24, 2.45) is 7.05 Å². The summed E-state index contributed by atoms with van der Waals surface area (Å²) in [5.74, 6) is 1.39. The van der Waals surface area contributed by atoms with E-state index in [0.29, 0.717) is 5.95 Å². The van der Waals surface area contributed by atoms with Gasteiger partial charge in [-0.3, -0.25) is 0 Å². The third-order valence-electron chi connectivity index (χ3n) is 2.50. The number of aryl methyl sites for hydroxylation is 1. The van der Waals surface area contributed by atoms with E-state index in [1.54, 1.807) is 11.7 Å². The van der Waals surface area contributed by atoms with Crippen molar-refractivity contribution >= 4 is 5.95 Å². The minimum absolute atomic E-state index is 0.176. The molecule has 0 bridgehead atoms. The molecule has 1 atom stereocenters. The van der Waals surface area contributed by atoms with E-state index in [1.807, 2.05) is 18.2 Å². The number of benzene rings is 1. The van der Waals surface area contributed by atoms with Crippen molar-refractivity contribution in [1.29, 1.82) is 0 Å². The fourth-order valence-electron chi connectivity index (χ4n) is 1.49. The molecule has 0 fully saturated rings. The molecule has 0 aliphatic rings. The van der Waals surface area contributed by atoms with Crippen LogP contribution in [0, 0.1) is 0 Å². The van der Waals surface area contributed by atoms with E-state index < -0.39 is 0 Å². The van der Waals surface area contributed by atoms with Gasteiger partial charge in [-0.05, 0) is 5.56 Å². The highest BCUT2D eigenvalue weighted by Crippen LogP contribution is 2.21. The second-order valence-corrected chi connectivity index (χ2v) is 3.58. The SMILES string of the molecule is CC(c1ccccc1)c1nc(N)n(C)n1. The van der Waals surface area contributed by atoms with Gasteiger partial charge in [-0.1, -0.05) is 37.3 Å². The highest BCUT2D eigenvalue weighted by molar-refractivity contribution is 5.26. The zero-order valence-electron chi connectivity index (χ0n) is 8.88. The van der Waals surface area contributed by atoms with Crippen LogP contribution in [0.25, 0.3) is 0 Å². The number of nitrogens with zero attached hydrogens (tertiary/aromatic N) is 3. The average molecular weight is 202 g/mol. The predicted molar refractivity (Wildman–Crippen MR) is 59.4 cm³/mol. The molecule has 0 radical (unpaired) electrons. The van der Waals surface area contributed by atoms with E-state index >= 15 is 0 Å². The number of nitrogens with two attached hydrogens (primary N) is 1. The van der Waals surface area contributed by atoms with Crippen LogP contribution in [0.4, 0.5) is 5.95 Å². The molecule has 1 unspecified atom stereocenters. The summed E-state index contributed by atoms with van der Waals surface area (Å²) in [6.07, 6.45) is 0. The van der Waals surface area contributed by atoms with Gasteiger partial charge in [0.15, 0.2) is 5.82 Å². The van der Waals surface area contributed by atoms with E-state index in [0.717, 1.165) is 5.82 Å². The number of nitrogen functional groups attached to an aromatic ring is 1. The summed E-state index contributed by atoms with van der Waals surface area (Å²) >= 11 is 0. The Labute approximate surface area is 88.8 Å². The Bertz CT molecular complexity index is 427. The fourth-order valence-corrected chi connectivity index (χ4v) is 1.49. The summed E-state index contributed by atoms with van der Waals surface area (Å²) in [6, 6.07) is 10.2. The number of rotatable bonds is 2. The van der Waals surface area contributed by atoms with Crippen LogP contribution in [-0.4, -0.2) is 14.8 Å². The molecule has 0 saturated carbocycles. The lowest BCUT2D eigenvalue weighted by Crippen LogP contribution is -1.99. The van der Waals surface area contributed by atoms with Crippen LogP contribution in [0.5, 0.6) is 0 Å². The molecule has 78 valence electrons. The minimum Gasteiger partial charge on any atom is -0.368 e. The largest absolute Gasteiger partial charge is 0.368 e. The van der Waals surface area contributed by atoms with Crippen molar-refractivity contribution in [3.05, 3.63) is 41.7 Å². The molecular formula is C11H14N4. The summed E-state index contributed by atoms with van der Waals surface area (Å²) in [6.45, 7) is 2.07. The van der Waals surface area contributed by atoms with E-state index in [9.17, 15) is 0 Å². The molecule has 0 saturated heterocycles. The van der Waals surface area contributed by atoms with E-state index in [1.165, 1.54) is 5.56 Å². The second kappa shape index (κ2) is 3.73. The zero-order chi connectivity index (χ0) is 10.8. The molecular weight excluding hydrogens is 188 g/mol. The van der Waals surface area contributed by atoms with Gasteiger partial charge in [-0.15, -0.1) is 0 Å². The Morgan fingerprint density at radius 3 is 2.47 bits per heavy atom. The van der Waals surface area contributed by atoms with E-state index in [-0.39, 0.29) is 5.92 Å². The summed E-state index contributed by atoms with van der Waals surface area (Å²) in [4.78, 5) is 4.22. The maximum atomic E-state index is 5.65. The van der Waals surface area contributed by atoms with Gasteiger partial charge in [0.2, 0.25) is 5.95 Å². The van der Waals surface area contributed by atoms with Gasteiger partial charge in [0.05, 0.1) is 0 Å². The monoisotopic (exact) mass is 202 g/mol. The predicted octanol–water partition coefficient (Wildman–Crippen LogP) is 1.55. The van der Waals surface area contributed by atoms with Gasteiger partial charge in [0, 0.05) is 13.0 Å². The highest BCUT2D eigenvalue weighted by Gasteiger charge is 2.13. The molecule has 1 aromatic heterocycles. The Morgan fingerprint density at radius 1 is 1.27 bits per heavy atom. The minimum atomic E-state index is 0.176. The zero-order valence-corrected chi connectivity index (χ0v) is 8.88. The van der Waals surface area contributed by atoms with Crippen LogP contribution >= 0.6 is 0 Å². The molecule has 2 N–H and O–H groups in total. The van der Waals surface area contributed by atoms with Crippen LogP contribution in [0.1, 0.15) is 24.2 Å². The van der Waals surface area contributed by atoms with Crippen molar-refractivity contribution in [3.63, 3.8) is 0 Å². The molecule has 2 rings (SSSR count). The topological polar surface area (TPSA) is 56.7 Å². The normalized spacial score (nSPS) is 12.7. The Hall–Kier alpha value is -1.84. The van der Waals surface area contributed by atoms with Crippen molar-refractivity contribution in [1.82, 2.24) is 14.8 Å². The first-order valence-electron chi connectivity index (χ1n) is 4.90. The Kier molecular flexibility index (Phi) is 2.41. The lowest BCUT2D eigenvalue weighted by atomic mass is 10.0. The summed E-state index contributed by atoms with van der Waals surface area (Å²) in [7, 11) is 1.80. The van der Waals surface area contributed by atoms with Gasteiger partial charge in [0.25, 0.3) is 0 Å². The molecule has 0 aliphatic heterocycles. The third-order valence-corrected chi connectivity index (χ3v) is 2.50. The molecule has 4 heteroatoms. The first-order valence-corrected chi connectivity index (χ1v) is 4.90. The molecule has 15 heavy (non-hydrogen) atoms. The molecule has 0 spiro atoms. The van der Waals surface area contributed by atoms with Gasteiger partial charge >= 0.3 is 0 Å². The van der Waals surface area contributed by atoms with Gasteiger partial charge in [-0.2, -0.15) is 10.1 Å². The van der Waals surface area contributed by atoms with Gasteiger partial charge in [0.1, 0.15) is 0 Å². The molecule has 1 heterocycles.